The van der Waals surface area contributed by atoms with Gasteiger partial charge in [-0.15, -0.1) is 10.1 Å². The van der Waals surface area contributed by atoms with Gasteiger partial charge in [-0.3, -0.25) is 4.79 Å². The van der Waals surface area contributed by atoms with Crippen LogP contribution in [0.1, 0.15) is 0 Å². The number of rotatable bonds is 1. The van der Waals surface area contributed by atoms with E-state index < -0.39 is 14.8 Å². The zero-order chi connectivity index (χ0) is 8.36. The maximum atomic E-state index is 10.2. The van der Waals surface area contributed by atoms with Crippen LogP contribution in [-0.2, 0) is 9.63 Å². The third kappa shape index (κ3) is 3.71. The molecule has 0 saturated carbocycles. The Kier molecular flexibility index (Phi) is 3.14. The number of hydrogen-bond acceptors (Lipinski definition) is 4. The number of nitrogens with zero attached hydrogens (tertiary/aromatic N) is 1. The van der Waals surface area contributed by atoms with Gasteiger partial charge < -0.3 is 0 Å². The van der Waals surface area contributed by atoms with Crippen molar-refractivity contribution >= 4 is 40.8 Å². The Bertz CT molecular complexity index is 162. The van der Waals surface area contributed by atoms with Gasteiger partial charge in [0.2, 0.25) is 0 Å². The summed E-state index contributed by atoms with van der Waals surface area (Å²) in [5.74, 6) is -1.54. The monoisotopic (exact) mass is 207 g/mol. The normalized spacial score (nSPS) is 10.7. The molecule has 5 nitrogen and oxygen atoms in total. The first-order valence-electron chi connectivity index (χ1n) is 1.77. The molecular formula is C2Cl3NO4. The van der Waals surface area contributed by atoms with Gasteiger partial charge in [0.25, 0.3) is 3.79 Å². The van der Waals surface area contributed by atoms with E-state index in [9.17, 15) is 14.9 Å². The third-order valence-corrected chi connectivity index (χ3v) is 0.852. The van der Waals surface area contributed by atoms with Crippen LogP contribution in [-0.4, -0.2) is 14.8 Å². The van der Waals surface area contributed by atoms with E-state index >= 15 is 0 Å². The molecule has 58 valence electrons. The first-order valence-corrected chi connectivity index (χ1v) is 2.91. The summed E-state index contributed by atoms with van der Waals surface area (Å²) in [6, 6.07) is 0. The summed E-state index contributed by atoms with van der Waals surface area (Å²) in [6.45, 7) is 0. The molecule has 0 fully saturated rings. The van der Waals surface area contributed by atoms with Gasteiger partial charge in [0.1, 0.15) is 0 Å². The summed E-state index contributed by atoms with van der Waals surface area (Å²) >= 11 is 14.6. The zero-order valence-electron chi connectivity index (χ0n) is 4.21. The van der Waals surface area contributed by atoms with Gasteiger partial charge >= 0.3 is 11.1 Å². The van der Waals surface area contributed by atoms with E-state index in [1.807, 2.05) is 0 Å². The van der Waals surface area contributed by atoms with Gasteiger partial charge in [-0.25, -0.2) is 4.84 Å². The van der Waals surface area contributed by atoms with Crippen LogP contribution in [0.25, 0.3) is 0 Å². The van der Waals surface area contributed by atoms with Crippen molar-refractivity contribution in [2.75, 3.05) is 0 Å². The predicted octanol–water partition coefficient (Wildman–Crippen LogP) is 1.09. The van der Waals surface area contributed by atoms with Crippen molar-refractivity contribution < 1.29 is 14.7 Å². The SMILES string of the molecule is O=C(O[N+](=O)[O-])C(Cl)(Cl)Cl. The second-order valence-corrected chi connectivity index (χ2v) is 3.38. The first kappa shape index (κ1) is 9.74. The molecule has 0 rings (SSSR count). The molecule has 0 aliphatic heterocycles. The van der Waals surface area contributed by atoms with Crippen molar-refractivity contribution in [2.24, 2.45) is 0 Å². The maximum absolute atomic E-state index is 10.2. The van der Waals surface area contributed by atoms with Crippen LogP contribution in [0.4, 0.5) is 0 Å². The quantitative estimate of drug-likeness (QED) is 0.367. The lowest BCUT2D eigenvalue weighted by Gasteiger charge is -2.04. The van der Waals surface area contributed by atoms with Crippen molar-refractivity contribution in [3.63, 3.8) is 0 Å². The van der Waals surface area contributed by atoms with Crippen molar-refractivity contribution in [1.82, 2.24) is 0 Å². The number of alkyl halides is 3. The van der Waals surface area contributed by atoms with Crippen LogP contribution in [0.3, 0.4) is 0 Å². The highest BCUT2D eigenvalue weighted by Crippen LogP contribution is 2.27. The molecule has 0 amide bonds. The highest BCUT2D eigenvalue weighted by molar-refractivity contribution is 6.75. The van der Waals surface area contributed by atoms with E-state index in [1.54, 1.807) is 0 Å². The average Bonchev–Trinajstić information content (AvgIpc) is 1.60. The van der Waals surface area contributed by atoms with Crippen molar-refractivity contribution in [3.8, 4) is 0 Å². The molecular weight excluding hydrogens is 208 g/mol. The molecule has 0 aromatic carbocycles. The molecule has 0 heterocycles. The van der Waals surface area contributed by atoms with Crippen LogP contribution >= 0.6 is 34.8 Å². The Labute approximate surface area is 69.9 Å². The van der Waals surface area contributed by atoms with Crippen LogP contribution in [0, 0.1) is 10.1 Å². The molecule has 8 heteroatoms. The van der Waals surface area contributed by atoms with Gasteiger partial charge in [-0.05, 0) is 0 Å². The highest BCUT2D eigenvalue weighted by Gasteiger charge is 2.33. The molecule has 0 radical (unpaired) electrons. The smallest absolute Gasteiger partial charge is 0.263 e. The van der Waals surface area contributed by atoms with E-state index in [2.05, 4.69) is 4.84 Å². The zero-order valence-corrected chi connectivity index (χ0v) is 6.48. The summed E-state index contributed by atoms with van der Waals surface area (Å²) in [7, 11) is 0. The molecule has 0 aromatic rings. The molecule has 10 heavy (non-hydrogen) atoms. The van der Waals surface area contributed by atoms with E-state index in [0.29, 0.717) is 0 Å². The number of hydrogen-bond donors (Lipinski definition) is 0. The second kappa shape index (κ2) is 3.23. The van der Waals surface area contributed by atoms with E-state index in [1.165, 1.54) is 0 Å². The highest BCUT2D eigenvalue weighted by atomic mass is 35.6. The molecule has 0 unspecified atom stereocenters. The van der Waals surface area contributed by atoms with E-state index in [0.717, 1.165) is 0 Å². The van der Waals surface area contributed by atoms with Crippen molar-refractivity contribution in [3.05, 3.63) is 10.1 Å². The first-order chi connectivity index (χ1) is 4.34. The standard InChI is InChI=1S/C2Cl3NO4/c3-2(4,5)1(7)10-6(8)9. The fourth-order valence-electron chi connectivity index (χ4n) is 0.119. The van der Waals surface area contributed by atoms with Crippen LogP contribution in [0.5, 0.6) is 0 Å². The summed E-state index contributed by atoms with van der Waals surface area (Å²) in [5.41, 5.74) is 0. The fourth-order valence-corrected chi connectivity index (χ4v) is 0.223. The van der Waals surface area contributed by atoms with Gasteiger partial charge in [0.15, 0.2) is 0 Å². The molecule has 0 saturated heterocycles. The van der Waals surface area contributed by atoms with E-state index in [4.69, 9.17) is 34.8 Å². The van der Waals surface area contributed by atoms with Crippen LogP contribution in [0.2, 0.25) is 0 Å². The minimum atomic E-state index is -2.40. The maximum Gasteiger partial charge on any atom is 0.354 e. The summed E-state index contributed by atoms with van der Waals surface area (Å²) < 4.78 is -2.40. The largest absolute Gasteiger partial charge is 0.354 e. The molecule has 0 atom stereocenters. The lowest BCUT2D eigenvalue weighted by atomic mass is 10.8. The Morgan fingerprint density at radius 1 is 1.50 bits per heavy atom. The van der Waals surface area contributed by atoms with Crippen molar-refractivity contribution in [2.45, 2.75) is 3.79 Å². The molecule has 0 aliphatic carbocycles. The Balaban J connectivity index is 3.99. The lowest BCUT2D eigenvalue weighted by Crippen LogP contribution is -2.24. The Morgan fingerprint density at radius 3 is 2.00 bits per heavy atom. The predicted molar refractivity (Wildman–Crippen MR) is 33.4 cm³/mol. The molecule has 0 aromatic heterocycles. The fraction of sp³-hybridized carbons (Fsp3) is 0.500. The van der Waals surface area contributed by atoms with Gasteiger partial charge in [-0.2, -0.15) is 0 Å². The summed E-state index contributed by atoms with van der Waals surface area (Å²) in [6.07, 6.45) is 0. The van der Waals surface area contributed by atoms with Gasteiger partial charge in [0.05, 0.1) is 0 Å². The van der Waals surface area contributed by atoms with Crippen molar-refractivity contribution in [1.29, 1.82) is 0 Å². The molecule has 0 bridgehead atoms. The van der Waals surface area contributed by atoms with Gasteiger partial charge in [-0.1, -0.05) is 34.8 Å². The van der Waals surface area contributed by atoms with Crippen LogP contribution < -0.4 is 0 Å². The van der Waals surface area contributed by atoms with E-state index in [-0.39, 0.29) is 0 Å². The molecule has 0 aliphatic rings. The number of halogens is 3. The number of carbonyl (C=O) groups excluding carboxylic acids is 1. The third-order valence-electron chi connectivity index (χ3n) is 0.389. The summed E-state index contributed by atoms with van der Waals surface area (Å²) in [5, 5.41) is 8.09. The lowest BCUT2D eigenvalue weighted by molar-refractivity contribution is -0.729. The Hall–Kier alpha value is -0.260. The minimum absolute atomic E-state index is 1.36. The van der Waals surface area contributed by atoms with Crippen LogP contribution in [0.15, 0.2) is 0 Å². The summed E-state index contributed by atoms with van der Waals surface area (Å²) in [4.78, 5) is 23.0. The molecule has 0 N–H and O–H groups in total. The topological polar surface area (TPSA) is 69.4 Å². The Morgan fingerprint density at radius 2 is 1.90 bits per heavy atom. The number of carbonyl (C=O) groups is 1. The molecule has 0 spiro atoms. The average molecular weight is 208 g/mol. The van der Waals surface area contributed by atoms with Gasteiger partial charge in [0, 0.05) is 0 Å². The minimum Gasteiger partial charge on any atom is -0.263 e. The second-order valence-electron chi connectivity index (χ2n) is 1.10.